The van der Waals surface area contributed by atoms with Gasteiger partial charge >= 0.3 is 0 Å². The molecule has 8 heteroatoms. The molecule has 0 bridgehead atoms. The molecule has 2 unspecified atom stereocenters. The van der Waals surface area contributed by atoms with Crippen LogP contribution in [0.3, 0.4) is 0 Å². The Hall–Kier alpha value is -2.73. The van der Waals surface area contributed by atoms with Crippen LogP contribution < -0.4 is 0 Å². The van der Waals surface area contributed by atoms with E-state index in [1.54, 1.807) is 6.07 Å². The number of para-hydroxylation sites is 1. The molecule has 3 rings (SSSR count). The highest BCUT2D eigenvalue weighted by Crippen LogP contribution is 2.45. The zero-order valence-electron chi connectivity index (χ0n) is 11.6. The predicted octanol–water partition coefficient (Wildman–Crippen LogP) is 2.21. The van der Waals surface area contributed by atoms with E-state index in [4.69, 9.17) is 11.3 Å². The van der Waals surface area contributed by atoms with Crippen LogP contribution in [0.1, 0.15) is 17.4 Å². The van der Waals surface area contributed by atoms with Crippen molar-refractivity contribution in [2.45, 2.75) is 11.1 Å². The van der Waals surface area contributed by atoms with E-state index in [1.807, 2.05) is 0 Å². The maximum atomic E-state index is 12.4. The molecule has 1 heterocycles. The molecule has 7 nitrogen and oxygen atoms in total. The van der Waals surface area contributed by atoms with Gasteiger partial charge in [-0.3, -0.25) is 15.0 Å². The number of nitrogens with zero attached hydrogens (tertiary/aromatic N) is 2. The average molecular weight is 330 g/mol. The van der Waals surface area contributed by atoms with Crippen molar-refractivity contribution < 1.29 is 18.2 Å². The predicted molar refractivity (Wildman–Crippen MR) is 80.3 cm³/mol. The first kappa shape index (κ1) is 15.2. The van der Waals surface area contributed by atoms with Gasteiger partial charge in [-0.25, -0.2) is 8.42 Å². The molecule has 0 aromatic heterocycles. The van der Waals surface area contributed by atoms with Gasteiger partial charge in [0.1, 0.15) is 0 Å². The van der Waals surface area contributed by atoms with E-state index in [9.17, 15) is 18.5 Å². The Labute approximate surface area is 132 Å². The zero-order chi connectivity index (χ0) is 16.6. The minimum atomic E-state index is -3.91. The summed E-state index contributed by atoms with van der Waals surface area (Å²) in [5, 5.41) is 11.0. The molecule has 23 heavy (non-hydrogen) atoms. The standard InChI is InChI=1S/C15H10N2O5S/c1-2-11-7-9-12(10-8-11)23(20,21)17-15(22-17)13-5-3-4-6-14(13)16(18)19/h1,3-10,15H. The van der Waals surface area contributed by atoms with Crippen molar-refractivity contribution in [1.29, 1.82) is 0 Å². The van der Waals surface area contributed by atoms with Crippen LogP contribution in [0, 0.1) is 22.5 Å². The largest absolute Gasteiger partial charge is 0.276 e. The smallest absolute Gasteiger partial charge is 0.258 e. The summed E-state index contributed by atoms with van der Waals surface area (Å²) in [4.78, 5) is 15.5. The molecule has 1 aliphatic heterocycles. The molecule has 116 valence electrons. The summed E-state index contributed by atoms with van der Waals surface area (Å²) >= 11 is 0. The number of sulfonamides is 1. The fourth-order valence-corrected chi connectivity index (χ4v) is 3.36. The van der Waals surface area contributed by atoms with Crippen molar-refractivity contribution in [3.05, 3.63) is 69.8 Å². The second-order valence-electron chi connectivity index (χ2n) is 4.70. The van der Waals surface area contributed by atoms with Gasteiger partial charge in [-0.15, -0.1) is 6.42 Å². The first-order valence-corrected chi connectivity index (χ1v) is 7.90. The van der Waals surface area contributed by atoms with Crippen molar-refractivity contribution in [1.82, 2.24) is 4.47 Å². The maximum absolute atomic E-state index is 12.4. The molecule has 2 aromatic carbocycles. The minimum Gasteiger partial charge on any atom is -0.258 e. The first-order chi connectivity index (χ1) is 10.9. The van der Waals surface area contributed by atoms with Gasteiger partial charge in [-0.1, -0.05) is 18.1 Å². The van der Waals surface area contributed by atoms with Crippen LogP contribution in [-0.4, -0.2) is 17.8 Å². The number of hydroxylamine groups is 1. The van der Waals surface area contributed by atoms with Crippen molar-refractivity contribution in [2.75, 3.05) is 0 Å². The van der Waals surface area contributed by atoms with E-state index in [-0.39, 0.29) is 16.1 Å². The number of hydrogen-bond acceptors (Lipinski definition) is 5. The Balaban J connectivity index is 1.90. The van der Waals surface area contributed by atoms with Gasteiger partial charge < -0.3 is 0 Å². The molecule has 1 saturated heterocycles. The van der Waals surface area contributed by atoms with E-state index in [0.717, 1.165) is 4.47 Å². The molecule has 0 saturated carbocycles. The highest BCUT2D eigenvalue weighted by molar-refractivity contribution is 7.89. The van der Waals surface area contributed by atoms with Crippen LogP contribution in [0.4, 0.5) is 5.69 Å². The highest BCUT2D eigenvalue weighted by atomic mass is 32.2. The second kappa shape index (κ2) is 5.48. The fraction of sp³-hybridized carbons (Fsp3) is 0.0667. The van der Waals surface area contributed by atoms with E-state index < -0.39 is 21.2 Å². The molecule has 1 fully saturated rings. The average Bonchev–Trinajstić information content (AvgIpc) is 3.36. The summed E-state index contributed by atoms with van der Waals surface area (Å²) in [5.74, 6) is 2.39. The Morgan fingerprint density at radius 2 is 1.83 bits per heavy atom. The van der Waals surface area contributed by atoms with E-state index in [0.29, 0.717) is 5.56 Å². The summed E-state index contributed by atoms with van der Waals surface area (Å²) in [6, 6.07) is 11.6. The number of nitro benzene ring substituents is 1. The Morgan fingerprint density at radius 1 is 1.17 bits per heavy atom. The molecule has 0 aliphatic carbocycles. The van der Waals surface area contributed by atoms with Crippen molar-refractivity contribution in [2.24, 2.45) is 0 Å². The van der Waals surface area contributed by atoms with Gasteiger partial charge in [0.05, 0.1) is 15.4 Å². The summed E-state index contributed by atoms with van der Waals surface area (Å²) in [6.45, 7) is 0. The van der Waals surface area contributed by atoms with E-state index in [1.165, 1.54) is 42.5 Å². The van der Waals surface area contributed by atoms with E-state index >= 15 is 0 Å². The van der Waals surface area contributed by atoms with Crippen molar-refractivity contribution >= 4 is 15.7 Å². The lowest BCUT2D eigenvalue weighted by atomic mass is 10.2. The zero-order valence-corrected chi connectivity index (χ0v) is 12.4. The fourth-order valence-electron chi connectivity index (χ4n) is 2.11. The van der Waals surface area contributed by atoms with Crippen LogP contribution in [0.15, 0.2) is 53.4 Å². The molecule has 1 aliphatic rings. The number of benzene rings is 2. The van der Waals surface area contributed by atoms with Crippen LogP contribution in [-0.2, 0) is 14.9 Å². The van der Waals surface area contributed by atoms with Gasteiger partial charge in [0.25, 0.3) is 15.7 Å². The number of nitro groups is 1. The normalized spacial score (nSPS) is 19.8. The first-order valence-electron chi connectivity index (χ1n) is 6.46. The molecule has 2 atom stereocenters. The molecule has 0 radical (unpaired) electrons. The lowest BCUT2D eigenvalue weighted by Gasteiger charge is -2.03. The molecule has 0 N–H and O–H groups in total. The maximum Gasteiger partial charge on any atom is 0.276 e. The van der Waals surface area contributed by atoms with Gasteiger partial charge in [0.2, 0.25) is 6.23 Å². The van der Waals surface area contributed by atoms with Gasteiger partial charge in [0.15, 0.2) is 0 Å². The SMILES string of the molecule is C#Cc1ccc(S(=O)(=O)N2OC2c2ccccc2[N+](=O)[O-])cc1. The molecular weight excluding hydrogens is 320 g/mol. The van der Waals surface area contributed by atoms with Crippen molar-refractivity contribution in [3.8, 4) is 12.3 Å². The van der Waals surface area contributed by atoms with Gasteiger partial charge in [-0.05, 0) is 34.8 Å². The third-order valence-corrected chi connectivity index (χ3v) is 4.92. The molecular formula is C15H10N2O5S. The number of terminal acetylenes is 1. The number of rotatable bonds is 4. The van der Waals surface area contributed by atoms with Crippen LogP contribution in [0.2, 0.25) is 0 Å². The van der Waals surface area contributed by atoms with Crippen molar-refractivity contribution in [3.63, 3.8) is 0 Å². The summed E-state index contributed by atoms with van der Waals surface area (Å²) in [6.07, 6.45) is 4.22. The quantitative estimate of drug-likeness (QED) is 0.371. The molecule has 0 spiro atoms. The van der Waals surface area contributed by atoms with Crippen LogP contribution in [0.25, 0.3) is 0 Å². The van der Waals surface area contributed by atoms with Gasteiger partial charge in [0, 0.05) is 11.6 Å². The van der Waals surface area contributed by atoms with E-state index in [2.05, 4.69) is 5.92 Å². The summed E-state index contributed by atoms with van der Waals surface area (Å²) in [7, 11) is -3.91. The highest BCUT2D eigenvalue weighted by Gasteiger charge is 2.51. The molecule has 2 aromatic rings. The lowest BCUT2D eigenvalue weighted by Crippen LogP contribution is -2.12. The Morgan fingerprint density at radius 3 is 2.43 bits per heavy atom. The Bertz CT molecular complexity index is 916. The monoisotopic (exact) mass is 330 g/mol. The minimum absolute atomic E-state index is 0.00224. The number of hydrogen-bond donors (Lipinski definition) is 0. The third-order valence-electron chi connectivity index (χ3n) is 3.30. The second-order valence-corrected chi connectivity index (χ2v) is 6.48. The summed E-state index contributed by atoms with van der Waals surface area (Å²) < 4.78 is 25.6. The lowest BCUT2D eigenvalue weighted by molar-refractivity contribution is -0.385. The topological polar surface area (TPSA) is 92.8 Å². The van der Waals surface area contributed by atoms with Gasteiger partial charge in [-0.2, -0.15) is 0 Å². The molecule has 0 amide bonds. The summed E-state index contributed by atoms with van der Waals surface area (Å²) in [5.41, 5.74) is 0.533. The Kier molecular flexibility index (Phi) is 3.61. The third kappa shape index (κ3) is 2.68. The van der Waals surface area contributed by atoms with Crippen LogP contribution >= 0.6 is 0 Å². The van der Waals surface area contributed by atoms with Crippen LogP contribution in [0.5, 0.6) is 0 Å².